The Bertz CT molecular complexity index is 611. The molecule has 0 bridgehead atoms. The first kappa shape index (κ1) is 15.4. The lowest BCUT2D eigenvalue weighted by Gasteiger charge is -2.18. The summed E-state index contributed by atoms with van der Waals surface area (Å²) in [4.78, 5) is 0. The van der Waals surface area contributed by atoms with Crippen molar-refractivity contribution in [2.45, 2.75) is 19.4 Å². The number of hydrazine groups is 1. The molecule has 2 aromatic carbocycles. The summed E-state index contributed by atoms with van der Waals surface area (Å²) in [5.41, 5.74) is 4.41. The van der Waals surface area contributed by atoms with Crippen LogP contribution in [0.2, 0.25) is 0 Å². The van der Waals surface area contributed by atoms with Crippen LogP contribution in [0.25, 0.3) is 0 Å². The number of hydrogen-bond acceptors (Lipinski definition) is 3. The standard InChI is InChI=1S/C16H18F2N2O/c1-10-6-7-11(8-16(10)21-2)15(20-19)9-12-13(17)4-3-5-14(12)18/h3-8,15,20H,9,19H2,1-2H3. The minimum Gasteiger partial charge on any atom is -0.496 e. The van der Waals surface area contributed by atoms with Crippen molar-refractivity contribution in [2.24, 2.45) is 5.84 Å². The van der Waals surface area contributed by atoms with E-state index in [9.17, 15) is 8.78 Å². The van der Waals surface area contributed by atoms with Crippen LogP contribution in [0.4, 0.5) is 8.78 Å². The van der Waals surface area contributed by atoms with E-state index in [4.69, 9.17) is 10.6 Å². The lowest BCUT2D eigenvalue weighted by atomic mass is 9.97. The summed E-state index contributed by atoms with van der Waals surface area (Å²) in [6.45, 7) is 1.92. The number of halogens is 2. The van der Waals surface area contributed by atoms with Gasteiger partial charge in [0.05, 0.1) is 13.2 Å². The summed E-state index contributed by atoms with van der Waals surface area (Å²) >= 11 is 0. The number of nitrogens with two attached hydrogens (primary N) is 1. The highest BCUT2D eigenvalue weighted by atomic mass is 19.1. The number of hydrogen-bond donors (Lipinski definition) is 2. The number of methoxy groups -OCH3 is 1. The van der Waals surface area contributed by atoms with E-state index >= 15 is 0 Å². The van der Waals surface area contributed by atoms with Crippen LogP contribution in [0.15, 0.2) is 36.4 Å². The Kier molecular flexibility index (Phi) is 4.88. The van der Waals surface area contributed by atoms with Crippen LogP contribution < -0.4 is 16.0 Å². The van der Waals surface area contributed by atoms with E-state index in [0.29, 0.717) is 5.75 Å². The fourth-order valence-electron chi connectivity index (χ4n) is 2.26. The average Bonchev–Trinajstić information content (AvgIpc) is 2.48. The molecule has 3 N–H and O–H groups in total. The number of nitrogens with one attached hydrogen (secondary N) is 1. The maximum atomic E-state index is 13.7. The summed E-state index contributed by atoms with van der Waals surface area (Å²) in [7, 11) is 1.58. The molecule has 2 aromatic rings. The van der Waals surface area contributed by atoms with E-state index in [1.807, 2.05) is 25.1 Å². The van der Waals surface area contributed by atoms with Gasteiger partial charge in [0.15, 0.2) is 0 Å². The Labute approximate surface area is 122 Å². The first-order chi connectivity index (χ1) is 10.1. The molecule has 112 valence electrons. The van der Waals surface area contributed by atoms with Gasteiger partial charge in [0.25, 0.3) is 0 Å². The molecule has 0 saturated heterocycles. The fraction of sp³-hybridized carbons (Fsp3) is 0.250. The SMILES string of the molecule is COc1cc(C(Cc2c(F)cccc2F)NN)ccc1C. The highest BCUT2D eigenvalue weighted by Gasteiger charge is 2.17. The normalized spacial score (nSPS) is 12.2. The molecule has 3 nitrogen and oxygen atoms in total. The van der Waals surface area contributed by atoms with Crippen molar-refractivity contribution in [3.8, 4) is 5.75 Å². The van der Waals surface area contributed by atoms with Crippen LogP contribution in [0.3, 0.4) is 0 Å². The van der Waals surface area contributed by atoms with Gasteiger partial charge in [0, 0.05) is 5.56 Å². The number of rotatable bonds is 5. The highest BCUT2D eigenvalue weighted by Crippen LogP contribution is 2.26. The molecule has 2 rings (SSSR count). The number of ether oxygens (including phenoxy) is 1. The van der Waals surface area contributed by atoms with Gasteiger partial charge in [-0.25, -0.2) is 8.78 Å². The van der Waals surface area contributed by atoms with Crippen LogP contribution in [0.1, 0.15) is 22.7 Å². The van der Waals surface area contributed by atoms with Gasteiger partial charge >= 0.3 is 0 Å². The van der Waals surface area contributed by atoms with Gasteiger partial charge in [-0.15, -0.1) is 0 Å². The molecule has 1 atom stereocenters. The van der Waals surface area contributed by atoms with Crippen LogP contribution >= 0.6 is 0 Å². The van der Waals surface area contributed by atoms with Gasteiger partial charge < -0.3 is 4.74 Å². The molecule has 0 spiro atoms. The maximum Gasteiger partial charge on any atom is 0.129 e. The zero-order valence-corrected chi connectivity index (χ0v) is 12.0. The molecule has 0 radical (unpaired) electrons. The zero-order valence-electron chi connectivity index (χ0n) is 12.0. The molecule has 0 aliphatic carbocycles. The van der Waals surface area contributed by atoms with Crippen LogP contribution in [0, 0.1) is 18.6 Å². The van der Waals surface area contributed by atoms with E-state index in [-0.39, 0.29) is 12.0 Å². The molecule has 0 aliphatic heterocycles. The predicted molar refractivity (Wildman–Crippen MR) is 77.9 cm³/mol. The van der Waals surface area contributed by atoms with Crippen molar-refractivity contribution in [3.63, 3.8) is 0 Å². The summed E-state index contributed by atoms with van der Waals surface area (Å²) in [6, 6.07) is 8.97. The van der Waals surface area contributed by atoms with Gasteiger partial charge in [-0.05, 0) is 42.7 Å². The summed E-state index contributed by atoms with van der Waals surface area (Å²) in [5.74, 6) is 5.11. The molecule has 0 fully saturated rings. The minimum absolute atomic E-state index is 0.0139. The summed E-state index contributed by atoms with van der Waals surface area (Å²) in [5, 5.41) is 0. The largest absolute Gasteiger partial charge is 0.496 e. The van der Waals surface area contributed by atoms with Crippen molar-refractivity contribution < 1.29 is 13.5 Å². The van der Waals surface area contributed by atoms with Gasteiger partial charge in [-0.2, -0.15) is 0 Å². The molecule has 0 amide bonds. The van der Waals surface area contributed by atoms with E-state index in [0.717, 1.165) is 11.1 Å². The quantitative estimate of drug-likeness (QED) is 0.658. The second-order valence-corrected chi connectivity index (χ2v) is 4.85. The van der Waals surface area contributed by atoms with Gasteiger partial charge in [-0.3, -0.25) is 11.3 Å². The van der Waals surface area contributed by atoms with Crippen LogP contribution in [-0.2, 0) is 6.42 Å². The minimum atomic E-state index is -0.575. The Morgan fingerprint density at radius 1 is 1.19 bits per heavy atom. The average molecular weight is 292 g/mol. The second kappa shape index (κ2) is 6.65. The zero-order chi connectivity index (χ0) is 15.4. The maximum absolute atomic E-state index is 13.7. The highest BCUT2D eigenvalue weighted by molar-refractivity contribution is 5.38. The topological polar surface area (TPSA) is 47.3 Å². The lowest BCUT2D eigenvalue weighted by molar-refractivity contribution is 0.409. The molecule has 0 heterocycles. The third kappa shape index (κ3) is 3.37. The molecule has 0 saturated carbocycles. The number of benzene rings is 2. The third-order valence-corrected chi connectivity index (χ3v) is 3.51. The van der Waals surface area contributed by atoms with E-state index in [2.05, 4.69) is 5.43 Å². The second-order valence-electron chi connectivity index (χ2n) is 4.85. The Hall–Kier alpha value is -1.98. The van der Waals surface area contributed by atoms with Crippen molar-refractivity contribution in [3.05, 3.63) is 64.7 Å². The molecule has 0 aromatic heterocycles. The lowest BCUT2D eigenvalue weighted by Crippen LogP contribution is -2.30. The van der Waals surface area contributed by atoms with Gasteiger partial charge in [0.1, 0.15) is 17.4 Å². The van der Waals surface area contributed by atoms with Crippen LogP contribution in [-0.4, -0.2) is 7.11 Å². The van der Waals surface area contributed by atoms with E-state index in [1.165, 1.54) is 18.2 Å². The van der Waals surface area contributed by atoms with Crippen molar-refractivity contribution in [1.82, 2.24) is 5.43 Å². The first-order valence-corrected chi connectivity index (χ1v) is 6.60. The van der Waals surface area contributed by atoms with Crippen molar-refractivity contribution >= 4 is 0 Å². The number of aryl methyl sites for hydroxylation is 1. The smallest absolute Gasteiger partial charge is 0.129 e. The Balaban J connectivity index is 2.32. The first-order valence-electron chi connectivity index (χ1n) is 6.60. The Morgan fingerprint density at radius 3 is 2.43 bits per heavy atom. The molecule has 5 heteroatoms. The summed E-state index contributed by atoms with van der Waals surface area (Å²) in [6.07, 6.45) is 0.112. The van der Waals surface area contributed by atoms with Crippen molar-refractivity contribution in [1.29, 1.82) is 0 Å². The Morgan fingerprint density at radius 2 is 1.86 bits per heavy atom. The molecule has 0 aliphatic rings. The van der Waals surface area contributed by atoms with Gasteiger partial charge in [0.2, 0.25) is 0 Å². The van der Waals surface area contributed by atoms with Crippen molar-refractivity contribution in [2.75, 3.05) is 7.11 Å². The molecular formula is C16H18F2N2O. The third-order valence-electron chi connectivity index (χ3n) is 3.51. The van der Waals surface area contributed by atoms with E-state index in [1.54, 1.807) is 7.11 Å². The summed E-state index contributed by atoms with van der Waals surface area (Å²) < 4.78 is 32.7. The van der Waals surface area contributed by atoms with Crippen LogP contribution in [0.5, 0.6) is 5.75 Å². The monoisotopic (exact) mass is 292 g/mol. The van der Waals surface area contributed by atoms with Gasteiger partial charge in [-0.1, -0.05) is 18.2 Å². The fourth-order valence-corrected chi connectivity index (χ4v) is 2.26. The van der Waals surface area contributed by atoms with E-state index < -0.39 is 17.7 Å². The molecule has 21 heavy (non-hydrogen) atoms. The predicted octanol–water partition coefficient (Wildman–Crippen LogP) is 3.03. The molecular weight excluding hydrogens is 274 g/mol. The molecule has 1 unspecified atom stereocenters.